The number of halogens is 1. The highest BCUT2D eigenvalue weighted by Gasteiger charge is 2.23. The highest BCUT2D eigenvalue weighted by atomic mass is 127. The lowest BCUT2D eigenvalue weighted by molar-refractivity contribution is -0.115. The fourth-order valence-corrected chi connectivity index (χ4v) is 3.34. The van der Waals surface area contributed by atoms with Crippen LogP contribution in [0.4, 0.5) is 4.79 Å². The Morgan fingerprint density at radius 2 is 1.81 bits per heavy atom. The Bertz CT molecular complexity index is 907. The minimum atomic E-state index is -0.524. The van der Waals surface area contributed by atoms with Gasteiger partial charge in [-0.05, 0) is 65.8 Å². The van der Waals surface area contributed by atoms with Crippen LogP contribution >= 0.6 is 22.6 Å². The summed E-state index contributed by atoms with van der Waals surface area (Å²) in [5.41, 5.74) is 3.20. The molecule has 1 fully saturated rings. The van der Waals surface area contributed by atoms with Gasteiger partial charge in [0.05, 0.1) is 10.2 Å². The third-order valence-electron chi connectivity index (χ3n) is 3.87. The van der Waals surface area contributed by atoms with E-state index < -0.39 is 11.9 Å². The van der Waals surface area contributed by atoms with Crippen LogP contribution in [0.15, 0.2) is 42.1 Å². The van der Waals surface area contributed by atoms with Crippen LogP contribution in [0.1, 0.15) is 23.6 Å². The number of ether oxygens (including phenoxy) is 2. The SMILES string of the molecule is CCOc1cc(/C=C2/NC(=O)NC2=O)cc(I)c1OCc1ccc(C)cc1. The van der Waals surface area contributed by atoms with Crippen LogP contribution in [0, 0.1) is 10.5 Å². The lowest BCUT2D eigenvalue weighted by Crippen LogP contribution is -2.22. The summed E-state index contributed by atoms with van der Waals surface area (Å²) in [5, 5.41) is 4.66. The first-order chi connectivity index (χ1) is 13.0. The first-order valence-corrected chi connectivity index (χ1v) is 9.53. The minimum Gasteiger partial charge on any atom is -0.490 e. The second kappa shape index (κ2) is 8.43. The molecule has 1 aliphatic heterocycles. The van der Waals surface area contributed by atoms with Gasteiger partial charge in [0.25, 0.3) is 5.91 Å². The van der Waals surface area contributed by atoms with Gasteiger partial charge in [-0.15, -0.1) is 0 Å². The highest BCUT2D eigenvalue weighted by Crippen LogP contribution is 2.35. The number of benzene rings is 2. The maximum absolute atomic E-state index is 11.7. The maximum Gasteiger partial charge on any atom is 0.326 e. The Balaban J connectivity index is 1.85. The Labute approximate surface area is 171 Å². The standard InChI is InChI=1S/C20H19IN2O4/c1-3-26-17-10-14(9-16-19(24)23-20(25)22-16)8-15(21)18(17)27-11-13-6-4-12(2)5-7-13/h4-10H,3,11H2,1-2H3,(H2,22,23,24,25)/b16-9+. The molecular weight excluding hydrogens is 459 g/mol. The smallest absolute Gasteiger partial charge is 0.326 e. The van der Waals surface area contributed by atoms with Crippen molar-refractivity contribution in [3.05, 3.63) is 62.4 Å². The van der Waals surface area contributed by atoms with Crippen molar-refractivity contribution in [1.82, 2.24) is 10.6 Å². The van der Waals surface area contributed by atoms with Crippen molar-refractivity contribution in [2.75, 3.05) is 6.61 Å². The van der Waals surface area contributed by atoms with Crippen molar-refractivity contribution in [3.8, 4) is 11.5 Å². The summed E-state index contributed by atoms with van der Waals surface area (Å²) >= 11 is 2.17. The summed E-state index contributed by atoms with van der Waals surface area (Å²) in [6.07, 6.45) is 1.61. The quantitative estimate of drug-likeness (QED) is 0.377. The molecule has 0 bridgehead atoms. The van der Waals surface area contributed by atoms with E-state index in [0.717, 1.165) is 14.7 Å². The van der Waals surface area contributed by atoms with Crippen LogP contribution < -0.4 is 20.1 Å². The normalized spacial score (nSPS) is 14.9. The summed E-state index contributed by atoms with van der Waals surface area (Å²) in [5.74, 6) is 0.792. The van der Waals surface area contributed by atoms with E-state index >= 15 is 0 Å². The van der Waals surface area contributed by atoms with Gasteiger partial charge in [0, 0.05) is 0 Å². The van der Waals surface area contributed by atoms with Gasteiger partial charge in [0.2, 0.25) is 0 Å². The molecule has 0 radical (unpaired) electrons. The van der Waals surface area contributed by atoms with Crippen molar-refractivity contribution in [2.24, 2.45) is 0 Å². The molecule has 6 nitrogen and oxygen atoms in total. The van der Waals surface area contributed by atoms with E-state index in [0.29, 0.717) is 24.7 Å². The zero-order valence-corrected chi connectivity index (χ0v) is 17.1. The lowest BCUT2D eigenvalue weighted by atomic mass is 10.1. The molecular formula is C20H19IN2O4. The molecule has 27 heavy (non-hydrogen) atoms. The topological polar surface area (TPSA) is 76.7 Å². The molecule has 2 aromatic carbocycles. The summed E-state index contributed by atoms with van der Waals surface area (Å²) in [4.78, 5) is 23.0. The second-order valence-electron chi connectivity index (χ2n) is 6.00. The zero-order valence-electron chi connectivity index (χ0n) is 15.0. The molecule has 140 valence electrons. The van der Waals surface area contributed by atoms with E-state index in [1.54, 1.807) is 12.1 Å². The second-order valence-corrected chi connectivity index (χ2v) is 7.17. The summed E-state index contributed by atoms with van der Waals surface area (Å²) in [7, 11) is 0. The van der Waals surface area contributed by atoms with Gasteiger partial charge in [-0.25, -0.2) is 4.79 Å². The number of aryl methyl sites for hydroxylation is 1. The van der Waals surface area contributed by atoms with E-state index in [4.69, 9.17) is 9.47 Å². The Morgan fingerprint density at radius 1 is 1.07 bits per heavy atom. The first kappa shape index (κ1) is 19.2. The monoisotopic (exact) mass is 478 g/mol. The average molecular weight is 478 g/mol. The molecule has 3 rings (SSSR count). The number of imide groups is 1. The number of hydrogen-bond donors (Lipinski definition) is 2. The third kappa shape index (κ3) is 4.79. The van der Waals surface area contributed by atoms with Gasteiger partial charge in [0.15, 0.2) is 11.5 Å². The molecule has 7 heteroatoms. The Hall–Kier alpha value is -2.55. The van der Waals surface area contributed by atoms with Crippen molar-refractivity contribution in [2.45, 2.75) is 20.5 Å². The fraction of sp³-hybridized carbons (Fsp3) is 0.200. The van der Waals surface area contributed by atoms with Gasteiger partial charge in [-0.1, -0.05) is 29.8 Å². The summed E-state index contributed by atoms with van der Waals surface area (Å²) in [6, 6.07) is 11.3. The van der Waals surface area contributed by atoms with Crippen LogP contribution in [0.3, 0.4) is 0 Å². The molecule has 0 saturated carbocycles. The van der Waals surface area contributed by atoms with Crippen molar-refractivity contribution in [1.29, 1.82) is 0 Å². The molecule has 2 aromatic rings. The number of carbonyl (C=O) groups is 2. The summed E-state index contributed by atoms with van der Waals surface area (Å²) in [6.45, 7) is 4.84. The molecule has 0 aromatic heterocycles. The minimum absolute atomic E-state index is 0.201. The zero-order chi connectivity index (χ0) is 19.4. The molecule has 0 unspecified atom stereocenters. The predicted octanol–water partition coefficient (Wildman–Crippen LogP) is 3.76. The van der Waals surface area contributed by atoms with E-state index in [1.165, 1.54) is 5.56 Å². The third-order valence-corrected chi connectivity index (χ3v) is 4.67. The van der Waals surface area contributed by atoms with Crippen LogP contribution in [-0.4, -0.2) is 18.5 Å². The van der Waals surface area contributed by atoms with Gasteiger partial charge in [0.1, 0.15) is 12.3 Å². The van der Waals surface area contributed by atoms with E-state index in [-0.39, 0.29) is 5.70 Å². The molecule has 0 aliphatic carbocycles. The van der Waals surface area contributed by atoms with Crippen LogP contribution in [0.25, 0.3) is 6.08 Å². The average Bonchev–Trinajstić information content (AvgIpc) is 2.93. The Kier molecular flexibility index (Phi) is 6.00. The molecule has 1 saturated heterocycles. The Morgan fingerprint density at radius 3 is 2.44 bits per heavy atom. The number of nitrogens with one attached hydrogen (secondary N) is 2. The van der Waals surface area contributed by atoms with E-state index in [1.807, 2.05) is 44.2 Å². The first-order valence-electron chi connectivity index (χ1n) is 8.45. The lowest BCUT2D eigenvalue weighted by Gasteiger charge is -2.15. The fourth-order valence-electron chi connectivity index (χ4n) is 2.56. The largest absolute Gasteiger partial charge is 0.490 e. The van der Waals surface area contributed by atoms with Crippen molar-refractivity contribution in [3.63, 3.8) is 0 Å². The van der Waals surface area contributed by atoms with Gasteiger partial charge < -0.3 is 14.8 Å². The number of hydrogen-bond acceptors (Lipinski definition) is 4. The highest BCUT2D eigenvalue weighted by molar-refractivity contribution is 14.1. The van der Waals surface area contributed by atoms with Crippen LogP contribution in [0.2, 0.25) is 0 Å². The molecule has 0 atom stereocenters. The number of rotatable bonds is 6. The van der Waals surface area contributed by atoms with Gasteiger partial charge in [-0.2, -0.15) is 0 Å². The maximum atomic E-state index is 11.7. The van der Waals surface area contributed by atoms with Crippen LogP contribution in [0.5, 0.6) is 11.5 Å². The number of urea groups is 1. The molecule has 2 N–H and O–H groups in total. The molecule has 1 aliphatic rings. The van der Waals surface area contributed by atoms with E-state index in [9.17, 15) is 9.59 Å². The summed E-state index contributed by atoms with van der Waals surface area (Å²) < 4.78 is 12.6. The molecule has 0 spiro atoms. The molecule has 3 amide bonds. The van der Waals surface area contributed by atoms with Crippen molar-refractivity contribution >= 4 is 40.6 Å². The van der Waals surface area contributed by atoms with Crippen LogP contribution in [-0.2, 0) is 11.4 Å². The number of amides is 3. The molecule has 1 heterocycles. The predicted molar refractivity (Wildman–Crippen MR) is 110 cm³/mol. The van der Waals surface area contributed by atoms with E-state index in [2.05, 4.69) is 33.2 Å². The van der Waals surface area contributed by atoms with Gasteiger partial charge in [-0.3, -0.25) is 10.1 Å². The van der Waals surface area contributed by atoms with Crippen molar-refractivity contribution < 1.29 is 19.1 Å². The van der Waals surface area contributed by atoms with Gasteiger partial charge >= 0.3 is 6.03 Å². The number of carbonyl (C=O) groups excluding carboxylic acids is 2.